The summed E-state index contributed by atoms with van der Waals surface area (Å²) < 4.78 is 14.9. The molecule has 0 unspecified atom stereocenters. The lowest BCUT2D eigenvalue weighted by Gasteiger charge is -2.11. The Balaban J connectivity index is 2.57. The minimum absolute atomic E-state index is 0.0497. The zero-order valence-electron chi connectivity index (χ0n) is 11.1. The number of aromatic nitrogens is 2. The standard InChI is InChI=1S/C14H14ClFIN3/c1-7(2)6-10-12(17)13(18)20-14(19-10)8-4-3-5-9(15)11(8)16/h3-5,7H,6H2,1-2H3,(H2,18,19,20). The third-order valence-electron chi connectivity index (χ3n) is 2.74. The second kappa shape index (κ2) is 6.22. The summed E-state index contributed by atoms with van der Waals surface area (Å²) in [6.07, 6.45) is 0.764. The van der Waals surface area contributed by atoms with E-state index in [0.717, 1.165) is 15.7 Å². The lowest BCUT2D eigenvalue weighted by atomic mass is 10.1. The first-order chi connectivity index (χ1) is 9.40. The number of nitrogens with zero attached hydrogens (tertiary/aromatic N) is 2. The van der Waals surface area contributed by atoms with Gasteiger partial charge in [-0.1, -0.05) is 31.5 Å². The lowest BCUT2D eigenvalue weighted by Crippen LogP contribution is -2.08. The summed E-state index contributed by atoms with van der Waals surface area (Å²) in [4.78, 5) is 8.62. The smallest absolute Gasteiger partial charge is 0.164 e. The molecule has 0 aliphatic heterocycles. The van der Waals surface area contributed by atoms with E-state index < -0.39 is 5.82 Å². The number of rotatable bonds is 3. The van der Waals surface area contributed by atoms with Crippen LogP contribution >= 0.6 is 34.2 Å². The molecule has 1 aromatic carbocycles. The Morgan fingerprint density at radius 3 is 2.70 bits per heavy atom. The fourth-order valence-electron chi connectivity index (χ4n) is 1.83. The first-order valence-electron chi connectivity index (χ1n) is 6.16. The van der Waals surface area contributed by atoms with Crippen LogP contribution in [-0.4, -0.2) is 9.97 Å². The number of hydrogen-bond donors (Lipinski definition) is 1. The summed E-state index contributed by atoms with van der Waals surface area (Å²) in [6, 6.07) is 4.76. The zero-order valence-corrected chi connectivity index (χ0v) is 14.0. The highest BCUT2D eigenvalue weighted by atomic mass is 127. The van der Waals surface area contributed by atoms with Crippen molar-refractivity contribution >= 4 is 40.0 Å². The van der Waals surface area contributed by atoms with Gasteiger partial charge in [0.25, 0.3) is 0 Å². The summed E-state index contributed by atoms with van der Waals surface area (Å²) in [6.45, 7) is 4.18. The summed E-state index contributed by atoms with van der Waals surface area (Å²) in [7, 11) is 0. The monoisotopic (exact) mass is 405 g/mol. The molecule has 2 N–H and O–H groups in total. The molecular weight excluding hydrogens is 392 g/mol. The van der Waals surface area contributed by atoms with Crippen LogP contribution in [-0.2, 0) is 6.42 Å². The van der Waals surface area contributed by atoms with Crippen LogP contribution in [0.4, 0.5) is 10.2 Å². The van der Waals surface area contributed by atoms with Gasteiger partial charge in [0.2, 0.25) is 0 Å². The minimum Gasteiger partial charge on any atom is -0.383 e. The van der Waals surface area contributed by atoms with Gasteiger partial charge in [-0.05, 0) is 47.1 Å². The van der Waals surface area contributed by atoms with E-state index in [1.165, 1.54) is 6.07 Å². The second-order valence-corrected chi connectivity index (χ2v) is 6.38. The quantitative estimate of drug-likeness (QED) is 0.774. The molecule has 0 amide bonds. The van der Waals surface area contributed by atoms with E-state index in [2.05, 4.69) is 46.4 Å². The Morgan fingerprint density at radius 2 is 2.05 bits per heavy atom. The van der Waals surface area contributed by atoms with Crippen molar-refractivity contribution < 1.29 is 4.39 Å². The molecule has 2 rings (SSSR count). The highest BCUT2D eigenvalue weighted by molar-refractivity contribution is 14.1. The van der Waals surface area contributed by atoms with Crippen LogP contribution < -0.4 is 5.73 Å². The van der Waals surface area contributed by atoms with Gasteiger partial charge in [0.15, 0.2) is 11.6 Å². The van der Waals surface area contributed by atoms with Crippen LogP contribution in [0.15, 0.2) is 18.2 Å². The van der Waals surface area contributed by atoms with Crippen molar-refractivity contribution in [2.75, 3.05) is 5.73 Å². The van der Waals surface area contributed by atoms with Crippen molar-refractivity contribution in [3.05, 3.63) is 38.3 Å². The van der Waals surface area contributed by atoms with Crippen molar-refractivity contribution in [1.82, 2.24) is 9.97 Å². The first kappa shape index (κ1) is 15.4. The summed E-state index contributed by atoms with van der Waals surface area (Å²) >= 11 is 7.92. The Morgan fingerprint density at radius 1 is 1.35 bits per heavy atom. The van der Waals surface area contributed by atoms with Gasteiger partial charge >= 0.3 is 0 Å². The second-order valence-electron chi connectivity index (χ2n) is 4.89. The van der Waals surface area contributed by atoms with Crippen molar-refractivity contribution in [2.24, 2.45) is 5.92 Å². The van der Waals surface area contributed by atoms with Crippen LogP contribution in [0.25, 0.3) is 11.4 Å². The number of halogens is 3. The third kappa shape index (κ3) is 3.20. The minimum atomic E-state index is -0.523. The molecule has 0 saturated carbocycles. The Bertz CT molecular complexity index is 647. The van der Waals surface area contributed by atoms with Crippen LogP contribution in [0.2, 0.25) is 5.02 Å². The maximum Gasteiger partial charge on any atom is 0.164 e. The summed E-state index contributed by atoms with van der Waals surface area (Å²) in [5.41, 5.74) is 7.01. The van der Waals surface area contributed by atoms with E-state index in [9.17, 15) is 4.39 Å². The Labute approximate surface area is 135 Å². The molecule has 0 fully saturated rings. The van der Waals surface area contributed by atoms with Gasteiger partial charge < -0.3 is 5.73 Å². The van der Waals surface area contributed by atoms with E-state index in [4.69, 9.17) is 17.3 Å². The van der Waals surface area contributed by atoms with Crippen molar-refractivity contribution in [3.8, 4) is 11.4 Å². The summed E-state index contributed by atoms with van der Waals surface area (Å²) in [5, 5.41) is 0.0497. The molecular formula is C14H14ClFIN3. The predicted octanol–water partition coefficient (Wildman–Crippen LogP) is 4.32. The molecule has 2 aromatic rings. The largest absolute Gasteiger partial charge is 0.383 e. The molecule has 3 nitrogen and oxygen atoms in total. The molecule has 0 spiro atoms. The predicted molar refractivity (Wildman–Crippen MR) is 88.1 cm³/mol. The third-order valence-corrected chi connectivity index (χ3v) is 4.21. The average Bonchev–Trinajstić information content (AvgIpc) is 2.37. The fourth-order valence-corrected chi connectivity index (χ4v) is 2.47. The highest BCUT2D eigenvalue weighted by Crippen LogP contribution is 2.28. The van der Waals surface area contributed by atoms with Gasteiger partial charge in [-0.25, -0.2) is 14.4 Å². The molecule has 0 aliphatic carbocycles. The average molecular weight is 406 g/mol. The van der Waals surface area contributed by atoms with Crippen molar-refractivity contribution in [1.29, 1.82) is 0 Å². The first-order valence-corrected chi connectivity index (χ1v) is 7.62. The molecule has 0 radical (unpaired) electrons. The maximum atomic E-state index is 14.1. The number of benzene rings is 1. The van der Waals surface area contributed by atoms with Crippen LogP contribution in [0.1, 0.15) is 19.5 Å². The topological polar surface area (TPSA) is 51.8 Å². The van der Waals surface area contributed by atoms with Gasteiger partial charge in [0, 0.05) is 0 Å². The number of nitrogen functional groups attached to an aromatic ring is 1. The molecule has 1 aromatic heterocycles. The molecule has 0 atom stereocenters. The molecule has 0 saturated heterocycles. The lowest BCUT2D eigenvalue weighted by molar-refractivity contribution is 0.625. The SMILES string of the molecule is CC(C)Cc1nc(-c2cccc(Cl)c2F)nc(N)c1I. The van der Waals surface area contributed by atoms with E-state index >= 15 is 0 Å². The number of anilines is 1. The van der Waals surface area contributed by atoms with Crippen LogP contribution in [0.5, 0.6) is 0 Å². The van der Waals surface area contributed by atoms with Crippen LogP contribution in [0.3, 0.4) is 0 Å². The molecule has 1 heterocycles. The fraction of sp³-hybridized carbons (Fsp3) is 0.286. The Kier molecular flexibility index (Phi) is 4.80. The van der Waals surface area contributed by atoms with E-state index in [-0.39, 0.29) is 16.4 Å². The van der Waals surface area contributed by atoms with E-state index in [1.807, 2.05) is 0 Å². The van der Waals surface area contributed by atoms with E-state index in [1.54, 1.807) is 12.1 Å². The van der Waals surface area contributed by atoms with Gasteiger partial charge in [-0.2, -0.15) is 0 Å². The molecule has 6 heteroatoms. The molecule has 0 bridgehead atoms. The van der Waals surface area contributed by atoms with Gasteiger partial charge in [0.05, 0.1) is 19.9 Å². The number of hydrogen-bond acceptors (Lipinski definition) is 3. The molecule has 20 heavy (non-hydrogen) atoms. The Hall–Kier alpha value is -0.950. The molecule has 106 valence electrons. The normalized spacial score (nSPS) is 11.1. The van der Waals surface area contributed by atoms with Crippen molar-refractivity contribution in [3.63, 3.8) is 0 Å². The zero-order chi connectivity index (χ0) is 14.9. The highest BCUT2D eigenvalue weighted by Gasteiger charge is 2.16. The maximum absolute atomic E-state index is 14.1. The van der Waals surface area contributed by atoms with Crippen molar-refractivity contribution in [2.45, 2.75) is 20.3 Å². The van der Waals surface area contributed by atoms with Gasteiger partial charge in [-0.3, -0.25) is 0 Å². The number of nitrogens with two attached hydrogens (primary N) is 1. The van der Waals surface area contributed by atoms with Crippen LogP contribution in [0, 0.1) is 15.3 Å². The van der Waals surface area contributed by atoms with E-state index in [0.29, 0.717) is 11.7 Å². The van der Waals surface area contributed by atoms with Gasteiger partial charge in [-0.15, -0.1) is 0 Å². The molecule has 0 aliphatic rings. The van der Waals surface area contributed by atoms with Gasteiger partial charge in [0.1, 0.15) is 5.82 Å². The summed E-state index contributed by atoms with van der Waals surface area (Å²) in [5.74, 6) is 0.546.